The summed E-state index contributed by atoms with van der Waals surface area (Å²) in [4.78, 5) is 12.5. The minimum absolute atomic E-state index is 0.0249. The van der Waals surface area contributed by atoms with Gasteiger partial charge in [-0.3, -0.25) is 0 Å². The molecule has 23 heavy (non-hydrogen) atoms. The molecule has 1 aromatic carbocycles. The van der Waals surface area contributed by atoms with E-state index in [0.29, 0.717) is 0 Å². The normalized spacial score (nSPS) is 12.8. The first kappa shape index (κ1) is 13.8. The number of imidazole rings is 1. The van der Waals surface area contributed by atoms with Crippen molar-refractivity contribution in [2.75, 3.05) is 5.32 Å². The Hall–Kier alpha value is -2.89. The number of hydrogen-bond acceptors (Lipinski definition) is 4. The third-order valence-corrected chi connectivity index (χ3v) is 3.92. The maximum absolute atomic E-state index is 4.68. The van der Waals surface area contributed by atoms with Crippen molar-refractivity contribution in [3.05, 3.63) is 53.6 Å². The molecule has 3 aromatic heterocycles. The number of nitrogens with one attached hydrogen (secondary N) is 2. The summed E-state index contributed by atoms with van der Waals surface area (Å²) in [5.74, 6) is 1.81. The number of nitrogens with zero attached hydrogens (tertiary/aromatic N) is 4. The molecule has 3 heterocycles. The average Bonchev–Trinajstić information content (AvgIpc) is 3.12. The SMILES string of the molecule is Cc1ccc2nc([C@H](C)Nc3cc(C)nc4ccnn34)[nH]c2c1. The molecular formula is C17H18N6. The molecule has 6 heteroatoms. The highest BCUT2D eigenvalue weighted by atomic mass is 15.3. The molecule has 116 valence electrons. The van der Waals surface area contributed by atoms with Crippen LogP contribution in [0.15, 0.2) is 36.5 Å². The van der Waals surface area contributed by atoms with Gasteiger partial charge in [0.05, 0.1) is 23.3 Å². The molecule has 4 rings (SSSR count). The molecule has 0 aliphatic heterocycles. The van der Waals surface area contributed by atoms with Crippen molar-refractivity contribution in [1.29, 1.82) is 0 Å². The van der Waals surface area contributed by atoms with Crippen LogP contribution in [-0.2, 0) is 0 Å². The van der Waals surface area contributed by atoms with Gasteiger partial charge in [0, 0.05) is 17.8 Å². The Balaban J connectivity index is 1.70. The van der Waals surface area contributed by atoms with E-state index in [1.807, 2.05) is 25.1 Å². The minimum Gasteiger partial charge on any atom is -0.360 e. The fourth-order valence-electron chi connectivity index (χ4n) is 2.78. The van der Waals surface area contributed by atoms with Crippen molar-refractivity contribution >= 4 is 22.5 Å². The zero-order valence-electron chi connectivity index (χ0n) is 13.3. The van der Waals surface area contributed by atoms with Crippen molar-refractivity contribution in [1.82, 2.24) is 24.6 Å². The predicted molar refractivity (Wildman–Crippen MR) is 90.6 cm³/mol. The summed E-state index contributed by atoms with van der Waals surface area (Å²) in [5, 5.41) is 7.79. The Morgan fingerprint density at radius 2 is 2.00 bits per heavy atom. The van der Waals surface area contributed by atoms with Gasteiger partial charge < -0.3 is 10.3 Å². The molecule has 0 bridgehead atoms. The van der Waals surface area contributed by atoms with Gasteiger partial charge in [0.15, 0.2) is 5.65 Å². The van der Waals surface area contributed by atoms with Crippen LogP contribution in [0.4, 0.5) is 5.82 Å². The molecule has 0 saturated heterocycles. The van der Waals surface area contributed by atoms with Gasteiger partial charge in [-0.25, -0.2) is 9.97 Å². The summed E-state index contributed by atoms with van der Waals surface area (Å²) >= 11 is 0. The molecule has 0 radical (unpaired) electrons. The topological polar surface area (TPSA) is 70.9 Å². The summed E-state index contributed by atoms with van der Waals surface area (Å²) in [7, 11) is 0. The van der Waals surface area contributed by atoms with E-state index < -0.39 is 0 Å². The summed E-state index contributed by atoms with van der Waals surface area (Å²) in [5.41, 5.74) is 5.04. The quantitative estimate of drug-likeness (QED) is 0.608. The van der Waals surface area contributed by atoms with E-state index in [2.05, 4.69) is 51.3 Å². The van der Waals surface area contributed by atoms with Crippen molar-refractivity contribution in [2.45, 2.75) is 26.8 Å². The molecule has 0 unspecified atom stereocenters. The third-order valence-electron chi connectivity index (χ3n) is 3.92. The molecule has 0 fully saturated rings. The standard InChI is InChI=1S/C17H18N6/c1-10-4-5-13-14(8-10)22-17(21-13)12(3)20-16-9-11(2)19-15-6-7-18-23(15)16/h4-9,12,20H,1-3H3,(H,21,22)/t12-/m0/s1. The van der Waals surface area contributed by atoms with Crippen LogP contribution in [0.3, 0.4) is 0 Å². The number of rotatable bonds is 3. The van der Waals surface area contributed by atoms with Crippen LogP contribution >= 0.6 is 0 Å². The van der Waals surface area contributed by atoms with E-state index >= 15 is 0 Å². The Kier molecular flexibility index (Phi) is 3.04. The average molecular weight is 306 g/mol. The second kappa shape index (κ2) is 5.08. The maximum atomic E-state index is 4.68. The third kappa shape index (κ3) is 2.42. The molecule has 0 saturated carbocycles. The van der Waals surface area contributed by atoms with E-state index in [9.17, 15) is 0 Å². The Bertz CT molecular complexity index is 997. The van der Waals surface area contributed by atoms with Crippen LogP contribution in [0.1, 0.15) is 30.0 Å². The van der Waals surface area contributed by atoms with E-state index in [1.165, 1.54) is 5.56 Å². The van der Waals surface area contributed by atoms with Gasteiger partial charge in [0.2, 0.25) is 0 Å². The first-order valence-corrected chi connectivity index (χ1v) is 7.64. The number of aromatic nitrogens is 5. The molecule has 0 aliphatic rings. The highest BCUT2D eigenvalue weighted by Crippen LogP contribution is 2.21. The molecule has 0 spiro atoms. The van der Waals surface area contributed by atoms with Crippen LogP contribution in [0, 0.1) is 13.8 Å². The molecule has 1 atom stereocenters. The molecular weight excluding hydrogens is 288 g/mol. The predicted octanol–water partition coefficient (Wildman–Crippen LogP) is 3.40. The summed E-state index contributed by atoms with van der Waals surface area (Å²) in [6, 6.07) is 10.1. The molecule has 4 aromatic rings. The molecule has 6 nitrogen and oxygen atoms in total. The highest BCUT2D eigenvalue weighted by Gasteiger charge is 2.13. The zero-order valence-corrected chi connectivity index (χ0v) is 13.3. The molecule has 0 aliphatic carbocycles. The largest absolute Gasteiger partial charge is 0.360 e. The smallest absolute Gasteiger partial charge is 0.157 e. The summed E-state index contributed by atoms with van der Waals surface area (Å²) < 4.78 is 1.80. The lowest BCUT2D eigenvalue weighted by molar-refractivity contribution is 0.790. The van der Waals surface area contributed by atoms with Crippen LogP contribution in [0.25, 0.3) is 16.7 Å². The van der Waals surface area contributed by atoms with Crippen molar-refractivity contribution < 1.29 is 0 Å². The summed E-state index contributed by atoms with van der Waals surface area (Å²) in [6.07, 6.45) is 1.75. The van der Waals surface area contributed by atoms with E-state index in [0.717, 1.165) is 34.0 Å². The van der Waals surface area contributed by atoms with Crippen molar-refractivity contribution in [2.24, 2.45) is 0 Å². The fraction of sp³-hybridized carbons (Fsp3) is 0.235. The van der Waals surface area contributed by atoms with Crippen LogP contribution < -0.4 is 5.32 Å². The lowest BCUT2D eigenvalue weighted by Gasteiger charge is -2.14. The summed E-state index contributed by atoms with van der Waals surface area (Å²) in [6.45, 7) is 6.14. The van der Waals surface area contributed by atoms with Crippen LogP contribution in [0.2, 0.25) is 0 Å². The minimum atomic E-state index is 0.0249. The van der Waals surface area contributed by atoms with Gasteiger partial charge in [-0.15, -0.1) is 0 Å². The Labute approximate surface area is 133 Å². The van der Waals surface area contributed by atoms with E-state index in [-0.39, 0.29) is 6.04 Å². The number of H-pyrrole nitrogens is 1. The number of aromatic amines is 1. The van der Waals surface area contributed by atoms with Gasteiger partial charge in [-0.1, -0.05) is 6.07 Å². The number of fused-ring (bicyclic) bond motifs is 2. The van der Waals surface area contributed by atoms with Gasteiger partial charge in [-0.05, 0) is 38.5 Å². The van der Waals surface area contributed by atoms with Gasteiger partial charge in [0.25, 0.3) is 0 Å². The van der Waals surface area contributed by atoms with Crippen molar-refractivity contribution in [3.8, 4) is 0 Å². The second-order valence-electron chi connectivity index (χ2n) is 5.89. The van der Waals surface area contributed by atoms with Gasteiger partial charge >= 0.3 is 0 Å². The van der Waals surface area contributed by atoms with Crippen LogP contribution in [0.5, 0.6) is 0 Å². The molecule has 0 amide bonds. The van der Waals surface area contributed by atoms with E-state index in [1.54, 1.807) is 10.7 Å². The monoisotopic (exact) mass is 306 g/mol. The Morgan fingerprint density at radius 1 is 1.13 bits per heavy atom. The highest BCUT2D eigenvalue weighted by molar-refractivity contribution is 5.76. The second-order valence-corrected chi connectivity index (χ2v) is 5.89. The number of anilines is 1. The van der Waals surface area contributed by atoms with Gasteiger partial charge in [-0.2, -0.15) is 9.61 Å². The lowest BCUT2D eigenvalue weighted by atomic mass is 10.2. The van der Waals surface area contributed by atoms with Crippen molar-refractivity contribution in [3.63, 3.8) is 0 Å². The first-order valence-electron chi connectivity index (χ1n) is 7.64. The fourth-order valence-corrected chi connectivity index (χ4v) is 2.78. The van der Waals surface area contributed by atoms with Gasteiger partial charge in [0.1, 0.15) is 11.6 Å². The molecule has 2 N–H and O–H groups in total. The van der Waals surface area contributed by atoms with E-state index in [4.69, 9.17) is 0 Å². The number of aryl methyl sites for hydroxylation is 2. The Morgan fingerprint density at radius 3 is 2.87 bits per heavy atom. The zero-order chi connectivity index (χ0) is 16.0. The lowest BCUT2D eigenvalue weighted by Crippen LogP contribution is -2.12. The number of hydrogen-bond donors (Lipinski definition) is 2. The maximum Gasteiger partial charge on any atom is 0.157 e. The van der Waals surface area contributed by atoms with Crippen LogP contribution in [-0.4, -0.2) is 24.6 Å². The first-order chi connectivity index (χ1) is 11.1. The number of benzene rings is 1.